The van der Waals surface area contributed by atoms with Gasteiger partial charge in [0, 0.05) is 41.8 Å². The van der Waals surface area contributed by atoms with Crippen LogP contribution < -0.4 is 10.6 Å². The van der Waals surface area contributed by atoms with E-state index < -0.39 is 0 Å². The molecular formula is C15H24IN5S. The van der Waals surface area contributed by atoms with E-state index in [0.717, 1.165) is 38.6 Å². The van der Waals surface area contributed by atoms with Crippen molar-refractivity contribution in [1.82, 2.24) is 20.2 Å². The standard InChI is InChI=1S/C15H23N5S.HI/c1-3-17-15(19-11-14-6-5-13(2)21-14)18-7-4-9-20-10-8-16-12-20;/h5-6,8,10,12H,3-4,7,9,11H2,1-2H3,(H2,17,18,19);1H. The van der Waals surface area contributed by atoms with Crippen LogP contribution in [0.3, 0.4) is 0 Å². The molecule has 0 radical (unpaired) electrons. The van der Waals surface area contributed by atoms with Gasteiger partial charge in [-0.3, -0.25) is 0 Å². The SMILES string of the molecule is CCNC(=NCc1ccc(C)s1)NCCCn1ccnc1.I. The first kappa shape index (κ1) is 19.0. The van der Waals surface area contributed by atoms with Gasteiger partial charge >= 0.3 is 0 Å². The van der Waals surface area contributed by atoms with Gasteiger partial charge in [0.1, 0.15) is 0 Å². The maximum atomic E-state index is 4.62. The summed E-state index contributed by atoms with van der Waals surface area (Å²) in [5, 5.41) is 6.65. The Labute approximate surface area is 153 Å². The number of rotatable bonds is 7. The zero-order chi connectivity index (χ0) is 14.9. The predicted octanol–water partition coefficient (Wildman–Crippen LogP) is 3.02. The number of halogens is 1. The number of nitrogens with one attached hydrogen (secondary N) is 2. The van der Waals surface area contributed by atoms with E-state index in [9.17, 15) is 0 Å². The van der Waals surface area contributed by atoms with E-state index in [1.165, 1.54) is 9.75 Å². The van der Waals surface area contributed by atoms with Crippen molar-refractivity contribution in [3.63, 3.8) is 0 Å². The summed E-state index contributed by atoms with van der Waals surface area (Å²) in [5.74, 6) is 0.884. The molecule has 0 aliphatic carbocycles. The van der Waals surface area contributed by atoms with Gasteiger partial charge in [0.2, 0.25) is 0 Å². The number of thiophene rings is 1. The summed E-state index contributed by atoms with van der Waals surface area (Å²) in [5.41, 5.74) is 0. The number of hydrogen-bond acceptors (Lipinski definition) is 3. The van der Waals surface area contributed by atoms with Gasteiger partial charge in [0.05, 0.1) is 12.9 Å². The van der Waals surface area contributed by atoms with Gasteiger partial charge < -0.3 is 15.2 Å². The number of imidazole rings is 1. The molecule has 0 fully saturated rings. The molecule has 0 unspecified atom stereocenters. The molecule has 22 heavy (non-hydrogen) atoms. The van der Waals surface area contributed by atoms with Crippen molar-refractivity contribution in [2.24, 2.45) is 4.99 Å². The molecule has 0 atom stereocenters. The smallest absolute Gasteiger partial charge is 0.191 e. The fourth-order valence-electron chi connectivity index (χ4n) is 1.96. The van der Waals surface area contributed by atoms with Gasteiger partial charge in [-0.15, -0.1) is 35.3 Å². The van der Waals surface area contributed by atoms with Crippen LogP contribution in [0.25, 0.3) is 0 Å². The lowest BCUT2D eigenvalue weighted by Gasteiger charge is -2.11. The van der Waals surface area contributed by atoms with E-state index in [2.05, 4.69) is 51.2 Å². The minimum Gasteiger partial charge on any atom is -0.357 e. The molecule has 2 aromatic rings. The average molecular weight is 433 g/mol. The number of aryl methyl sites for hydroxylation is 2. The normalized spacial score (nSPS) is 11.1. The van der Waals surface area contributed by atoms with Gasteiger partial charge in [0.15, 0.2) is 5.96 Å². The topological polar surface area (TPSA) is 54.2 Å². The highest BCUT2D eigenvalue weighted by Gasteiger charge is 1.99. The molecule has 7 heteroatoms. The van der Waals surface area contributed by atoms with Crippen molar-refractivity contribution >= 4 is 41.3 Å². The first-order chi connectivity index (χ1) is 10.3. The molecule has 0 bridgehead atoms. The lowest BCUT2D eigenvalue weighted by molar-refractivity contribution is 0.625. The first-order valence-corrected chi connectivity index (χ1v) is 8.13. The second-order valence-electron chi connectivity index (χ2n) is 4.79. The molecule has 2 rings (SSSR count). The molecule has 2 N–H and O–H groups in total. The van der Waals surface area contributed by atoms with Crippen molar-refractivity contribution in [3.8, 4) is 0 Å². The van der Waals surface area contributed by atoms with E-state index in [-0.39, 0.29) is 24.0 Å². The van der Waals surface area contributed by atoms with E-state index in [4.69, 9.17) is 0 Å². The van der Waals surface area contributed by atoms with Crippen molar-refractivity contribution < 1.29 is 0 Å². The molecule has 5 nitrogen and oxygen atoms in total. The highest BCUT2D eigenvalue weighted by atomic mass is 127. The summed E-state index contributed by atoms with van der Waals surface area (Å²) in [6.45, 7) is 7.67. The molecule has 0 aromatic carbocycles. The van der Waals surface area contributed by atoms with Crippen molar-refractivity contribution in [3.05, 3.63) is 40.6 Å². The summed E-state index contributed by atoms with van der Waals surface area (Å²) in [7, 11) is 0. The van der Waals surface area contributed by atoms with Crippen LogP contribution in [0.2, 0.25) is 0 Å². The van der Waals surface area contributed by atoms with Gasteiger partial charge in [-0.2, -0.15) is 0 Å². The second kappa shape index (κ2) is 10.6. The Hall–Kier alpha value is -1.09. The zero-order valence-electron chi connectivity index (χ0n) is 13.1. The highest BCUT2D eigenvalue weighted by molar-refractivity contribution is 14.0. The molecule has 0 amide bonds. The molecular weight excluding hydrogens is 409 g/mol. The number of guanidine groups is 1. The third-order valence-corrected chi connectivity index (χ3v) is 3.96. The Balaban J connectivity index is 0.00000242. The number of hydrogen-bond donors (Lipinski definition) is 2. The van der Waals surface area contributed by atoms with Crippen LogP contribution in [-0.2, 0) is 13.1 Å². The minimum atomic E-state index is 0. The first-order valence-electron chi connectivity index (χ1n) is 7.31. The van der Waals surface area contributed by atoms with Crippen LogP contribution in [-0.4, -0.2) is 28.6 Å². The van der Waals surface area contributed by atoms with E-state index in [1.807, 2.05) is 18.7 Å². The fraction of sp³-hybridized carbons (Fsp3) is 0.467. The van der Waals surface area contributed by atoms with E-state index >= 15 is 0 Å². The Morgan fingerprint density at radius 3 is 2.86 bits per heavy atom. The Bertz CT molecular complexity index is 550. The third-order valence-electron chi connectivity index (χ3n) is 2.98. The number of aromatic nitrogens is 2. The monoisotopic (exact) mass is 433 g/mol. The lowest BCUT2D eigenvalue weighted by atomic mass is 10.4. The third kappa shape index (κ3) is 6.78. The van der Waals surface area contributed by atoms with Crippen LogP contribution in [0.15, 0.2) is 35.8 Å². The Morgan fingerprint density at radius 2 is 2.23 bits per heavy atom. The molecule has 0 saturated heterocycles. The Kier molecular flexibility index (Phi) is 9.14. The molecule has 0 aliphatic heterocycles. The van der Waals surface area contributed by atoms with Gasteiger partial charge in [0.25, 0.3) is 0 Å². The van der Waals surface area contributed by atoms with Crippen LogP contribution in [0.1, 0.15) is 23.1 Å². The summed E-state index contributed by atoms with van der Waals surface area (Å²) < 4.78 is 2.08. The van der Waals surface area contributed by atoms with Crippen LogP contribution in [0.4, 0.5) is 0 Å². The predicted molar refractivity (Wildman–Crippen MR) is 104 cm³/mol. The quantitative estimate of drug-likeness (QED) is 0.306. The van der Waals surface area contributed by atoms with Crippen molar-refractivity contribution in [2.45, 2.75) is 33.4 Å². The molecule has 0 saturated carbocycles. The van der Waals surface area contributed by atoms with Gasteiger partial charge in [-0.1, -0.05) is 0 Å². The van der Waals surface area contributed by atoms with Gasteiger partial charge in [-0.05, 0) is 32.4 Å². The zero-order valence-corrected chi connectivity index (χ0v) is 16.2. The maximum absolute atomic E-state index is 4.62. The fourth-order valence-corrected chi connectivity index (χ4v) is 2.77. The molecule has 0 spiro atoms. The lowest BCUT2D eigenvalue weighted by Crippen LogP contribution is -2.38. The number of aliphatic imine (C=N–C) groups is 1. The van der Waals surface area contributed by atoms with Crippen LogP contribution >= 0.6 is 35.3 Å². The largest absolute Gasteiger partial charge is 0.357 e. The summed E-state index contributed by atoms with van der Waals surface area (Å²) in [4.78, 5) is 11.3. The molecule has 2 aromatic heterocycles. The number of nitrogens with zero attached hydrogens (tertiary/aromatic N) is 3. The summed E-state index contributed by atoms with van der Waals surface area (Å²) >= 11 is 1.80. The van der Waals surface area contributed by atoms with Gasteiger partial charge in [-0.25, -0.2) is 9.98 Å². The van der Waals surface area contributed by atoms with Crippen molar-refractivity contribution in [1.29, 1.82) is 0 Å². The van der Waals surface area contributed by atoms with E-state index in [0.29, 0.717) is 0 Å². The van der Waals surface area contributed by atoms with Crippen LogP contribution in [0.5, 0.6) is 0 Å². The molecule has 122 valence electrons. The summed E-state index contributed by atoms with van der Waals surface area (Å²) in [6.07, 6.45) is 6.68. The average Bonchev–Trinajstić information content (AvgIpc) is 3.12. The maximum Gasteiger partial charge on any atom is 0.191 e. The van der Waals surface area contributed by atoms with E-state index in [1.54, 1.807) is 11.3 Å². The van der Waals surface area contributed by atoms with Crippen LogP contribution in [0, 0.1) is 6.92 Å². The minimum absolute atomic E-state index is 0. The molecule has 0 aliphatic rings. The Morgan fingerprint density at radius 1 is 1.36 bits per heavy atom. The summed E-state index contributed by atoms with van der Waals surface area (Å²) in [6, 6.07) is 4.28. The van der Waals surface area contributed by atoms with Crippen molar-refractivity contribution in [2.75, 3.05) is 13.1 Å². The highest BCUT2D eigenvalue weighted by Crippen LogP contribution is 2.15. The molecule has 2 heterocycles. The second-order valence-corrected chi connectivity index (χ2v) is 6.16.